The second-order valence-corrected chi connectivity index (χ2v) is 8.11. The second-order valence-electron chi connectivity index (χ2n) is 8.11. The highest BCUT2D eigenvalue weighted by atomic mass is 127. The standard InChI is InChI=1S/C19H36N4O.HI/c1-4-20-18(23-13-16-7-5-6-8-17(16)14-23)21-15-19(22(2)3)9-11-24-12-10-19;/h16-17H,4-15H2,1-3H3,(H,20,21);1H. The highest BCUT2D eigenvalue weighted by Gasteiger charge is 2.37. The molecule has 0 aromatic rings. The van der Waals surface area contributed by atoms with E-state index < -0.39 is 0 Å². The van der Waals surface area contributed by atoms with Crippen LogP contribution in [0, 0.1) is 11.8 Å². The van der Waals surface area contributed by atoms with Gasteiger partial charge in [0.1, 0.15) is 0 Å². The average Bonchev–Trinajstić information content (AvgIpc) is 3.03. The molecule has 0 spiro atoms. The topological polar surface area (TPSA) is 40.1 Å². The maximum absolute atomic E-state index is 5.59. The molecular weight excluding hydrogens is 427 g/mol. The molecule has 2 atom stereocenters. The minimum atomic E-state index is 0. The summed E-state index contributed by atoms with van der Waals surface area (Å²) in [4.78, 5) is 10.0. The molecule has 2 saturated heterocycles. The Kier molecular flexibility index (Phi) is 8.27. The molecule has 1 saturated carbocycles. The summed E-state index contributed by atoms with van der Waals surface area (Å²) in [5, 5.41) is 3.56. The largest absolute Gasteiger partial charge is 0.381 e. The molecule has 0 bridgehead atoms. The van der Waals surface area contributed by atoms with Crippen LogP contribution in [0.1, 0.15) is 45.4 Å². The highest BCUT2D eigenvalue weighted by molar-refractivity contribution is 14.0. The maximum atomic E-state index is 5.59. The first-order chi connectivity index (χ1) is 11.6. The molecule has 6 heteroatoms. The van der Waals surface area contributed by atoms with Crippen molar-refractivity contribution in [1.82, 2.24) is 15.1 Å². The van der Waals surface area contributed by atoms with Crippen molar-refractivity contribution in [1.29, 1.82) is 0 Å². The lowest BCUT2D eigenvalue weighted by atomic mass is 9.82. The molecule has 0 radical (unpaired) electrons. The maximum Gasteiger partial charge on any atom is 0.193 e. The van der Waals surface area contributed by atoms with Crippen molar-refractivity contribution in [3.63, 3.8) is 0 Å². The van der Waals surface area contributed by atoms with E-state index in [0.29, 0.717) is 0 Å². The minimum Gasteiger partial charge on any atom is -0.381 e. The predicted molar refractivity (Wildman–Crippen MR) is 115 cm³/mol. The fraction of sp³-hybridized carbons (Fsp3) is 0.947. The van der Waals surface area contributed by atoms with Crippen LogP contribution in [0.15, 0.2) is 4.99 Å². The number of nitrogens with one attached hydrogen (secondary N) is 1. The van der Waals surface area contributed by atoms with Gasteiger partial charge < -0.3 is 19.9 Å². The van der Waals surface area contributed by atoms with Gasteiger partial charge in [-0.1, -0.05) is 12.8 Å². The third-order valence-electron chi connectivity index (χ3n) is 6.51. The predicted octanol–water partition coefficient (Wildman–Crippen LogP) is 2.80. The Morgan fingerprint density at radius 3 is 2.28 bits per heavy atom. The summed E-state index contributed by atoms with van der Waals surface area (Å²) < 4.78 is 5.59. The summed E-state index contributed by atoms with van der Waals surface area (Å²) in [5.41, 5.74) is 0.158. The van der Waals surface area contributed by atoms with Gasteiger partial charge in [0, 0.05) is 38.4 Å². The van der Waals surface area contributed by atoms with Crippen LogP contribution in [0.2, 0.25) is 0 Å². The molecule has 146 valence electrons. The monoisotopic (exact) mass is 464 g/mol. The van der Waals surface area contributed by atoms with E-state index >= 15 is 0 Å². The lowest BCUT2D eigenvalue weighted by molar-refractivity contribution is -0.00263. The molecule has 3 fully saturated rings. The molecule has 2 heterocycles. The molecule has 2 unspecified atom stereocenters. The van der Waals surface area contributed by atoms with Crippen molar-refractivity contribution in [3.8, 4) is 0 Å². The van der Waals surface area contributed by atoms with E-state index in [1.54, 1.807) is 0 Å². The lowest BCUT2D eigenvalue weighted by Gasteiger charge is -2.42. The fourth-order valence-electron chi connectivity index (χ4n) is 4.72. The van der Waals surface area contributed by atoms with Gasteiger partial charge in [-0.15, -0.1) is 24.0 Å². The second kappa shape index (κ2) is 9.74. The van der Waals surface area contributed by atoms with E-state index in [4.69, 9.17) is 9.73 Å². The highest BCUT2D eigenvalue weighted by Crippen LogP contribution is 2.36. The van der Waals surface area contributed by atoms with Gasteiger partial charge in [0.05, 0.1) is 6.54 Å². The molecule has 0 aromatic heterocycles. The Balaban J connectivity index is 0.00000225. The van der Waals surface area contributed by atoms with Crippen LogP contribution in [0.4, 0.5) is 0 Å². The van der Waals surface area contributed by atoms with Gasteiger partial charge in [-0.3, -0.25) is 4.99 Å². The number of rotatable bonds is 4. The molecule has 25 heavy (non-hydrogen) atoms. The molecule has 3 rings (SSSR count). The van der Waals surface area contributed by atoms with Crippen LogP contribution in [0.25, 0.3) is 0 Å². The first-order valence-electron chi connectivity index (χ1n) is 9.93. The molecule has 1 N–H and O–H groups in total. The third kappa shape index (κ3) is 5.01. The van der Waals surface area contributed by atoms with E-state index in [-0.39, 0.29) is 29.5 Å². The molecule has 3 aliphatic rings. The Morgan fingerprint density at radius 2 is 1.76 bits per heavy atom. The number of halogens is 1. The number of ether oxygens (including phenoxy) is 1. The van der Waals surface area contributed by atoms with Gasteiger partial charge in [-0.25, -0.2) is 0 Å². The summed E-state index contributed by atoms with van der Waals surface area (Å²) in [6.07, 6.45) is 7.83. The van der Waals surface area contributed by atoms with Crippen LogP contribution >= 0.6 is 24.0 Å². The number of hydrogen-bond donors (Lipinski definition) is 1. The van der Waals surface area contributed by atoms with Gasteiger partial charge in [-0.2, -0.15) is 0 Å². The Labute approximate surface area is 171 Å². The van der Waals surface area contributed by atoms with E-state index in [1.807, 2.05) is 0 Å². The van der Waals surface area contributed by atoms with Crippen LogP contribution in [-0.4, -0.2) is 74.8 Å². The zero-order chi connectivity index (χ0) is 17.0. The number of guanidine groups is 1. The summed E-state index contributed by atoms with van der Waals surface area (Å²) >= 11 is 0. The third-order valence-corrected chi connectivity index (χ3v) is 6.51. The number of likely N-dealkylation sites (tertiary alicyclic amines) is 1. The molecule has 0 aromatic carbocycles. The van der Waals surface area contributed by atoms with Gasteiger partial charge in [-0.05, 0) is 58.5 Å². The minimum absolute atomic E-state index is 0. The van der Waals surface area contributed by atoms with Crippen molar-refractivity contribution < 1.29 is 4.74 Å². The van der Waals surface area contributed by atoms with Crippen LogP contribution in [0.5, 0.6) is 0 Å². The average molecular weight is 464 g/mol. The van der Waals surface area contributed by atoms with Crippen molar-refractivity contribution in [3.05, 3.63) is 0 Å². The van der Waals surface area contributed by atoms with Gasteiger partial charge in [0.25, 0.3) is 0 Å². The molecule has 1 aliphatic carbocycles. The zero-order valence-electron chi connectivity index (χ0n) is 16.3. The number of likely N-dealkylation sites (N-methyl/N-ethyl adjacent to an activating group) is 1. The van der Waals surface area contributed by atoms with Crippen molar-refractivity contribution in [2.45, 2.75) is 51.0 Å². The molecule has 2 aliphatic heterocycles. The smallest absolute Gasteiger partial charge is 0.193 e. The summed E-state index contributed by atoms with van der Waals surface area (Å²) in [6.45, 7) is 8.12. The van der Waals surface area contributed by atoms with Gasteiger partial charge >= 0.3 is 0 Å². The Bertz CT molecular complexity index is 423. The SMILES string of the molecule is CCNC(=NCC1(N(C)C)CCOCC1)N1CC2CCCCC2C1.I. The Hall–Kier alpha value is -0.0800. The van der Waals surface area contributed by atoms with E-state index in [0.717, 1.165) is 56.9 Å². The summed E-state index contributed by atoms with van der Waals surface area (Å²) in [6, 6.07) is 0. The van der Waals surface area contributed by atoms with Gasteiger partial charge in [0.15, 0.2) is 5.96 Å². The number of nitrogens with zero attached hydrogens (tertiary/aromatic N) is 3. The number of hydrogen-bond acceptors (Lipinski definition) is 3. The lowest BCUT2D eigenvalue weighted by Crippen LogP contribution is -2.52. The van der Waals surface area contributed by atoms with E-state index in [9.17, 15) is 0 Å². The van der Waals surface area contributed by atoms with Crippen LogP contribution in [0.3, 0.4) is 0 Å². The summed E-state index contributed by atoms with van der Waals surface area (Å²) in [7, 11) is 4.39. The molecular formula is C19H37IN4O. The van der Waals surface area contributed by atoms with Crippen molar-refractivity contribution in [2.75, 3.05) is 53.5 Å². The van der Waals surface area contributed by atoms with Crippen LogP contribution < -0.4 is 5.32 Å². The van der Waals surface area contributed by atoms with E-state index in [1.165, 1.54) is 38.8 Å². The summed E-state index contributed by atoms with van der Waals surface area (Å²) in [5.74, 6) is 2.93. The van der Waals surface area contributed by atoms with Crippen molar-refractivity contribution >= 4 is 29.9 Å². The fourth-order valence-corrected chi connectivity index (χ4v) is 4.72. The quantitative estimate of drug-likeness (QED) is 0.395. The van der Waals surface area contributed by atoms with Crippen molar-refractivity contribution in [2.24, 2.45) is 16.8 Å². The number of aliphatic imine (C=N–C) groups is 1. The van der Waals surface area contributed by atoms with Crippen LogP contribution in [-0.2, 0) is 4.74 Å². The molecule has 5 nitrogen and oxygen atoms in total. The first-order valence-corrected chi connectivity index (χ1v) is 9.93. The van der Waals surface area contributed by atoms with E-state index in [2.05, 4.69) is 36.1 Å². The van der Waals surface area contributed by atoms with Gasteiger partial charge in [0.2, 0.25) is 0 Å². The Morgan fingerprint density at radius 1 is 1.16 bits per heavy atom. The number of fused-ring (bicyclic) bond motifs is 1. The normalized spacial score (nSPS) is 29.3. The zero-order valence-corrected chi connectivity index (χ0v) is 18.6. The molecule has 0 amide bonds. The first kappa shape index (κ1) is 21.2.